The molecule has 10 rings (SSSR count). The highest BCUT2D eigenvalue weighted by atomic mass is 19.3. The summed E-state index contributed by atoms with van der Waals surface area (Å²) >= 11 is 0. The van der Waals surface area contributed by atoms with Crippen LogP contribution >= 0.6 is 0 Å². The largest absolute Gasteiger partial charge is 0.370 e. The van der Waals surface area contributed by atoms with Crippen molar-refractivity contribution in [1.82, 2.24) is 24.6 Å². The SMILES string of the molecule is Cc1cc2c(N3CCCc4cc(-c5cnn(C6CC7(C6)CN(c6ccc8c(c6)CN(C6CCC(=O)NC6=O)C8=O)C7)c5)c(C(F)F)cc43)cccc2n(C)c1=O. The number of aryl methyl sites for hydroxylation is 3. The molecule has 5 aromatic rings. The molecule has 3 amide bonds. The summed E-state index contributed by atoms with van der Waals surface area (Å²) in [5, 5.41) is 7.96. The Labute approximate surface area is 321 Å². The number of rotatable bonds is 6. The summed E-state index contributed by atoms with van der Waals surface area (Å²) in [5.74, 6) is -0.891. The molecule has 286 valence electrons. The molecule has 1 unspecified atom stereocenters. The quantitative estimate of drug-likeness (QED) is 0.202. The van der Waals surface area contributed by atoms with Crippen LogP contribution in [-0.4, -0.2) is 62.6 Å². The summed E-state index contributed by atoms with van der Waals surface area (Å²) < 4.78 is 33.4. The van der Waals surface area contributed by atoms with E-state index >= 15 is 0 Å². The minimum absolute atomic E-state index is 0.0185. The molecule has 1 spiro atoms. The van der Waals surface area contributed by atoms with Gasteiger partial charge in [-0.05, 0) is 104 Å². The highest BCUT2D eigenvalue weighted by molar-refractivity contribution is 6.05. The molecule has 5 aliphatic rings. The normalized spacial score (nSPS) is 20.4. The van der Waals surface area contributed by atoms with Gasteiger partial charge >= 0.3 is 0 Å². The molecule has 1 aliphatic carbocycles. The van der Waals surface area contributed by atoms with Crippen molar-refractivity contribution in [3.8, 4) is 11.1 Å². The lowest BCUT2D eigenvalue weighted by Gasteiger charge is -2.59. The molecule has 13 heteroatoms. The Morgan fingerprint density at radius 3 is 2.54 bits per heavy atom. The Morgan fingerprint density at radius 2 is 1.75 bits per heavy atom. The first-order chi connectivity index (χ1) is 27.0. The smallest absolute Gasteiger partial charge is 0.264 e. The maximum Gasteiger partial charge on any atom is 0.264 e. The van der Waals surface area contributed by atoms with Crippen LogP contribution in [0.25, 0.3) is 22.0 Å². The van der Waals surface area contributed by atoms with Crippen molar-refractivity contribution < 1.29 is 23.2 Å². The van der Waals surface area contributed by atoms with Crippen molar-refractivity contribution in [2.24, 2.45) is 12.5 Å². The van der Waals surface area contributed by atoms with Gasteiger partial charge in [-0.1, -0.05) is 6.07 Å². The second-order valence-corrected chi connectivity index (χ2v) is 16.4. The van der Waals surface area contributed by atoms with Crippen LogP contribution in [0.2, 0.25) is 0 Å². The van der Waals surface area contributed by atoms with Crippen molar-refractivity contribution in [2.75, 3.05) is 29.4 Å². The van der Waals surface area contributed by atoms with Gasteiger partial charge in [0.05, 0.1) is 23.4 Å². The van der Waals surface area contributed by atoms with E-state index in [2.05, 4.69) is 20.2 Å². The van der Waals surface area contributed by atoms with E-state index in [1.54, 1.807) is 35.7 Å². The second kappa shape index (κ2) is 12.6. The lowest BCUT2D eigenvalue weighted by Crippen LogP contribution is -2.62. The number of fused-ring (bicyclic) bond motifs is 3. The molecule has 1 atom stereocenters. The van der Waals surface area contributed by atoms with Crippen LogP contribution in [0.1, 0.15) is 77.2 Å². The van der Waals surface area contributed by atoms with Gasteiger partial charge < -0.3 is 19.3 Å². The number of halogens is 2. The molecule has 3 aromatic carbocycles. The molecule has 1 N–H and O–H groups in total. The molecule has 6 heterocycles. The fraction of sp³-hybridized carbons (Fsp3) is 0.372. The zero-order valence-corrected chi connectivity index (χ0v) is 31.2. The summed E-state index contributed by atoms with van der Waals surface area (Å²) in [6.45, 7) is 4.59. The lowest BCUT2D eigenvalue weighted by atomic mass is 9.60. The maximum atomic E-state index is 14.9. The summed E-state index contributed by atoms with van der Waals surface area (Å²) in [6, 6.07) is 16.7. The minimum atomic E-state index is -2.68. The zero-order chi connectivity index (χ0) is 38.6. The van der Waals surface area contributed by atoms with E-state index in [0.29, 0.717) is 41.8 Å². The summed E-state index contributed by atoms with van der Waals surface area (Å²) in [5.41, 5.74) is 7.95. The molecule has 2 saturated heterocycles. The number of nitrogens with one attached hydrogen (secondary N) is 1. The van der Waals surface area contributed by atoms with E-state index in [0.717, 1.165) is 77.9 Å². The number of benzene rings is 3. The number of imide groups is 1. The number of amides is 3. The predicted octanol–water partition coefficient (Wildman–Crippen LogP) is 6.33. The number of hydrogen-bond donors (Lipinski definition) is 1. The Morgan fingerprint density at radius 1 is 0.929 bits per heavy atom. The first kappa shape index (κ1) is 34.6. The Bertz CT molecular complexity index is 2570. The number of carbonyl (C=O) groups is 3. The fourth-order valence-corrected chi connectivity index (χ4v) is 9.96. The van der Waals surface area contributed by atoms with Crippen molar-refractivity contribution in [3.05, 3.63) is 105 Å². The molecule has 4 aliphatic heterocycles. The predicted molar refractivity (Wildman–Crippen MR) is 207 cm³/mol. The average molecular weight is 758 g/mol. The van der Waals surface area contributed by atoms with Gasteiger partial charge in [-0.25, -0.2) is 8.78 Å². The molecule has 0 radical (unpaired) electrons. The van der Waals surface area contributed by atoms with Gasteiger partial charge in [-0.3, -0.25) is 29.2 Å². The standard InChI is InChI=1S/C43H41F2N7O4/c1-24-13-33-34(48(2)41(24)55)6-3-7-35(33)50-12-4-5-25-15-31(32(39(44)45)16-37(25)50)27-19-46-52(21-27)29-17-43(18-29)22-49(23-43)28-8-9-30-26(14-28)20-51(42(30)56)36-10-11-38(53)47-40(36)54/h3,6-9,13-16,19,21,29,36,39H,4-5,10-12,17-18,20,22-23H2,1-2H3,(H,47,53,54). The monoisotopic (exact) mass is 757 g/mol. The maximum absolute atomic E-state index is 14.9. The van der Waals surface area contributed by atoms with E-state index in [1.807, 2.05) is 59.4 Å². The van der Waals surface area contributed by atoms with Gasteiger partial charge in [0, 0.05) is 90.3 Å². The van der Waals surface area contributed by atoms with Crippen molar-refractivity contribution in [2.45, 2.75) is 70.5 Å². The van der Waals surface area contributed by atoms with Gasteiger partial charge in [-0.2, -0.15) is 5.10 Å². The highest BCUT2D eigenvalue weighted by Gasteiger charge is 2.53. The Balaban J connectivity index is 0.840. The number of alkyl halides is 2. The van der Waals surface area contributed by atoms with Crippen LogP contribution in [0.15, 0.2) is 71.8 Å². The van der Waals surface area contributed by atoms with Crippen LogP contribution in [0.5, 0.6) is 0 Å². The number of carbonyl (C=O) groups excluding carboxylic acids is 3. The third-order valence-corrected chi connectivity index (χ3v) is 12.9. The van der Waals surface area contributed by atoms with Crippen LogP contribution in [-0.2, 0) is 29.6 Å². The third kappa shape index (κ3) is 5.37. The number of piperidine rings is 1. The summed E-state index contributed by atoms with van der Waals surface area (Å²) in [6.07, 6.45) is 5.03. The zero-order valence-electron chi connectivity index (χ0n) is 31.2. The van der Waals surface area contributed by atoms with Gasteiger partial charge in [0.1, 0.15) is 6.04 Å². The summed E-state index contributed by atoms with van der Waals surface area (Å²) in [7, 11) is 1.76. The number of nitrogens with zero attached hydrogens (tertiary/aromatic N) is 6. The van der Waals surface area contributed by atoms with Crippen LogP contribution in [0.4, 0.5) is 25.8 Å². The first-order valence-electron chi connectivity index (χ1n) is 19.4. The van der Waals surface area contributed by atoms with E-state index in [9.17, 15) is 28.0 Å². The van der Waals surface area contributed by atoms with Crippen molar-refractivity contribution in [1.29, 1.82) is 0 Å². The van der Waals surface area contributed by atoms with Crippen molar-refractivity contribution in [3.63, 3.8) is 0 Å². The van der Waals surface area contributed by atoms with Crippen LogP contribution in [0, 0.1) is 12.3 Å². The number of pyridine rings is 1. The fourth-order valence-electron chi connectivity index (χ4n) is 9.96. The molecule has 1 saturated carbocycles. The van der Waals surface area contributed by atoms with Gasteiger partial charge in [0.15, 0.2) is 0 Å². The van der Waals surface area contributed by atoms with E-state index in [1.165, 1.54) is 0 Å². The van der Waals surface area contributed by atoms with E-state index in [-0.39, 0.29) is 40.8 Å². The Kier molecular flexibility index (Phi) is 7.78. The lowest BCUT2D eigenvalue weighted by molar-refractivity contribution is -0.136. The van der Waals surface area contributed by atoms with Crippen LogP contribution < -0.4 is 20.7 Å². The van der Waals surface area contributed by atoms with E-state index < -0.39 is 18.4 Å². The number of hydrogen-bond acceptors (Lipinski definition) is 7. The minimum Gasteiger partial charge on any atom is -0.370 e. The number of anilines is 3. The molecule has 2 aromatic heterocycles. The summed E-state index contributed by atoms with van der Waals surface area (Å²) in [4.78, 5) is 55.9. The topological polar surface area (TPSA) is 113 Å². The van der Waals surface area contributed by atoms with Gasteiger partial charge in [0.2, 0.25) is 11.8 Å². The molecule has 11 nitrogen and oxygen atoms in total. The van der Waals surface area contributed by atoms with Crippen molar-refractivity contribution >= 4 is 45.7 Å². The third-order valence-electron chi connectivity index (χ3n) is 12.9. The molecule has 0 bridgehead atoms. The molecular formula is C43H41F2N7O4. The van der Waals surface area contributed by atoms with Crippen LogP contribution in [0.3, 0.4) is 0 Å². The number of aromatic nitrogens is 3. The molecular weight excluding hydrogens is 717 g/mol. The molecule has 3 fully saturated rings. The molecule has 56 heavy (non-hydrogen) atoms. The second-order valence-electron chi connectivity index (χ2n) is 16.4. The average Bonchev–Trinajstić information content (AvgIpc) is 3.76. The Hall–Kier alpha value is -5.85. The van der Waals surface area contributed by atoms with Gasteiger partial charge in [0.25, 0.3) is 17.9 Å². The highest BCUT2D eigenvalue weighted by Crippen LogP contribution is 2.55. The first-order valence-corrected chi connectivity index (χ1v) is 19.4. The van der Waals surface area contributed by atoms with Gasteiger partial charge in [-0.15, -0.1) is 0 Å². The van der Waals surface area contributed by atoms with E-state index in [4.69, 9.17) is 0 Å².